The van der Waals surface area contributed by atoms with E-state index in [1.54, 1.807) is 23.1 Å². The first-order valence-electron chi connectivity index (χ1n) is 8.72. The number of piperidine rings is 1. The van der Waals surface area contributed by atoms with Crippen LogP contribution < -0.4 is 5.32 Å². The smallest absolute Gasteiger partial charge is 0.238 e. The molecule has 2 rings (SSSR count). The number of para-hydroxylation sites is 1. The van der Waals surface area contributed by atoms with Crippen molar-refractivity contribution in [1.29, 1.82) is 0 Å². The van der Waals surface area contributed by atoms with Gasteiger partial charge in [0.2, 0.25) is 11.8 Å². The molecule has 0 spiro atoms. The van der Waals surface area contributed by atoms with E-state index < -0.39 is 11.2 Å². The van der Waals surface area contributed by atoms with E-state index in [4.69, 9.17) is 0 Å². The molecule has 0 aliphatic carbocycles. The summed E-state index contributed by atoms with van der Waals surface area (Å²) in [4.78, 5) is 28.5. The molecule has 2 amide bonds. The van der Waals surface area contributed by atoms with Crippen molar-refractivity contribution in [3.8, 4) is 0 Å². The zero-order valence-corrected chi connectivity index (χ0v) is 15.5. The Kier molecular flexibility index (Phi) is 6.16. The number of anilines is 1. The van der Waals surface area contributed by atoms with Gasteiger partial charge in [-0.05, 0) is 31.5 Å². The second-order valence-electron chi connectivity index (χ2n) is 7.73. The Labute approximate surface area is 149 Å². The summed E-state index contributed by atoms with van der Waals surface area (Å²) < 4.78 is 13.6. The van der Waals surface area contributed by atoms with Crippen molar-refractivity contribution in [3.63, 3.8) is 0 Å². The number of nitrogens with one attached hydrogen (secondary N) is 1. The van der Waals surface area contributed by atoms with Crippen LogP contribution in [0.3, 0.4) is 0 Å². The number of nitrogens with zero attached hydrogens (tertiary/aromatic N) is 2. The lowest BCUT2D eigenvalue weighted by molar-refractivity contribution is -0.141. The predicted molar refractivity (Wildman–Crippen MR) is 96.7 cm³/mol. The van der Waals surface area contributed by atoms with Crippen LogP contribution in [0.5, 0.6) is 0 Å². The summed E-state index contributed by atoms with van der Waals surface area (Å²) in [7, 11) is 1.83. The van der Waals surface area contributed by atoms with Gasteiger partial charge in [0.1, 0.15) is 5.82 Å². The Bertz CT molecular complexity index is 627. The van der Waals surface area contributed by atoms with Crippen molar-refractivity contribution in [2.75, 3.05) is 32.0 Å². The van der Waals surface area contributed by atoms with Crippen molar-refractivity contribution in [1.82, 2.24) is 9.80 Å². The van der Waals surface area contributed by atoms with Gasteiger partial charge in [0.25, 0.3) is 0 Å². The molecule has 1 saturated heterocycles. The molecule has 0 radical (unpaired) electrons. The van der Waals surface area contributed by atoms with Gasteiger partial charge in [0.15, 0.2) is 0 Å². The van der Waals surface area contributed by atoms with Gasteiger partial charge in [-0.2, -0.15) is 0 Å². The van der Waals surface area contributed by atoms with E-state index in [0.717, 1.165) is 19.4 Å². The van der Waals surface area contributed by atoms with E-state index in [2.05, 4.69) is 5.32 Å². The zero-order chi connectivity index (χ0) is 18.6. The average molecular weight is 349 g/mol. The molecule has 0 bridgehead atoms. The summed E-state index contributed by atoms with van der Waals surface area (Å²) in [6.45, 7) is 7.39. The van der Waals surface area contributed by atoms with Crippen LogP contribution in [0.25, 0.3) is 0 Å². The SMILES string of the molecule is CN(C(=O)C(C)(C)C)C1CCCN(CC(=O)Nc2ccccc2F)C1. The van der Waals surface area contributed by atoms with E-state index in [-0.39, 0.29) is 30.1 Å². The number of hydrogen-bond donors (Lipinski definition) is 1. The molecule has 1 fully saturated rings. The lowest BCUT2D eigenvalue weighted by atomic mass is 9.93. The van der Waals surface area contributed by atoms with Crippen LogP contribution in [-0.2, 0) is 9.59 Å². The van der Waals surface area contributed by atoms with Gasteiger partial charge in [0, 0.05) is 25.0 Å². The molecule has 6 heteroatoms. The van der Waals surface area contributed by atoms with Gasteiger partial charge in [-0.3, -0.25) is 14.5 Å². The van der Waals surface area contributed by atoms with Gasteiger partial charge >= 0.3 is 0 Å². The fourth-order valence-corrected chi connectivity index (χ4v) is 3.14. The highest BCUT2D eigenvalue weighted by atomic mass is 19.1. The number of carbonyl (C=O) groups excluding carboxylic acids is 2. The molecular weight excluding hydrogens is 321 g/mol. The summed E-state index contributed by atoms with van der Waals surface area (Å²) in [5.74, 6) is -0.575. The van der Waals surface area contributed by atoms with Crippen LogP contribution in [0.2, 0.25) is 0 Å². The minimum absolute atomic E-state index is 0.0988. The first kappa shape index (κ1) is 19.4. The number of likely N-dealkylation sites (tertiary alicyclic amines) is 1. The largest absolute Gasteiger partial charge is 0.341 e. The van der Waals surface area contributed by atoms with Gasteiger partial charge in [-0.1, -0.05) is 32.9 Å². The lowest BCUT2D eigenvalue weighted by Gasteiger charge is -2.39. The van der Waals surface area contributed by atoms with Gasteiger partial charge < -0.3 is 10.2 Å². The average Bonchev–Trinajstić information content (AvgIpc) is 2.55. The third kappa shape index (κ3) is 5.26. The number of halogens is 1. The molecule has 0 saturated carbocycles. The molecule has 138 valence electrons. The van der Waals surface area contributed by atoms with Crippen LogP contribution >= 0.6 is 0 Å². The highest BCUT2D eigenvalue weighted by molar-refractivity contribution is 5.92. The monoisotopic (exact) mass is 349 g/mol. The quantitative estimate of drug-likeness (QED) is 0.909. The Morgan fingerprint density at radius 2 is 2.00 bits per heavy atom. The fraction of sp³-hybridized carbons (Fsp3) is 0.579. The van der Waals surface area contributed by atoms with Gasteiger partial charge in [0.05, 0.1) is 12.2 Å². The first-order valence-corrected chi connectivity index (χ1v) is 8.72. The molecule has 25 heavy (non-hydrogen) atoms. The van der Waals surface area contributed by atoms with E-state index >= 15 is 0 Å². The molecule has 1 unspecified atom stereocenters. The number of hydrogen-bond acceptors (Lipinski definition) is 3. The number of benzene rings is 1. The molecule has 1 atom stereocenters. The first-order chi connectivity index (χ1) is 11.7. The predicted octanol–water partition coefficient (Wildman–Crippen LogP) is 2.73. The molecular formula is C19H28FN3O2. The number of rotatable bonds is 4. The number of likely N-dealkylation sites (N-methyl/N-ethyl adjacent to an activating group) is 1. The minimum atomic E-state index is -0.442. The van der Waals surface area contributed by atoms with E-state index in [1.807, 2.05) is 32.7 Å². The van der Waals surface area contributed by atoms with Gasteiger partial charge in [-0.15, -0.1) is 0 Å². The Morgan fingerprint density at radius 3 is 2.64 bits per heavy atom. The van der Waals surface area contributed by atoms with Crippen molar-refractivity contribution >= 4 is 17.5 Å². The normalized spacial score (nSPS) is 18.7. The van der Waals surface area contributed by atoms with Crippen molar-refractivity contribution in [2.24, 2.45) is 5.41 Å². The van der Waals surface area contributed by atoms with Crippen LogP contribution in [0, 0.1) is 11.2 Å². The van der Waals surface area contributed by atoms with Crippen LogP contribution in [0.15, 0.2) is 24.3 Å². The minimum Gasteiger partial charge on any atom is -0.341 e. The summed E-state index contributed by atoms with van der Waals surface area (Å²) in [6.07, 6.45) is 1.86. The maximum Gasteiger partial charge on any atom is 0.238 e. The lowest BCUT2D eigenvalue weighted by Crippen LogP contribution is -2.52. The summed E-state index contributed by atoms with van der Waals surface area (Å²) in [6, 6.07) is 6.23. The van der Waals surface area contributed by atoms with Crippen molar-refractivity contribution in [2.45, 2.75) is 39.7 Å². The molecule has 1 aliphatic heterocycles. The van der Waals surface area contributed by atoms with Gasteiger partial charge in [-0.25, -0.2) is 4.39 Å². The molecule has 1 N–H and O–H groups in total. The fourth-order valence-electron chi connectivity index (χ4n) is 3.14. The Balaban J connectivity index is 1.92. The molecule has 1 aromatic carbocycles. The highest BCUT2D eigenvalue weighted by Gasteiger charge is 2.32. The van der Waals surface area contributed by atoms with E-state index in [9.17, 15) is 14.0 Å². The van der Waals surface area contributed by atoms with E-state index in [1.165, 1.54) is 6.07 Å². The van der Waals surface area contributed by atoms with Crippen molar-refractivity contribution < 1.29 is 14.0 Å². The molecule has 0 aromatic heterocycles. The Morgan fingerprint density at radius 1 is 1.32 bits per heavy atom. The third-order valence-corrected chi connectivity index (χ3v) is 4.51. The number of carbonyl (C=O) groups is 2. The molecule has 1 aromatic rings. The third-order valence-electron chi connectivity index (χ3n) is 4.51. The van der Waals surface area contributed by atoms with Crippen molar-refractivity contribution in [3.05, 3.63) is 30.1 Å². The Hall–Kier alpha value is -1.95. The molecule has 5 nitrogen and oxygen atoms in total. The van der Waals surface area contributed by atoms with Crippen LogP contribution in [0.4, 0.5) is 10.1 Å². The zero-order valence-electron chi connectivity index (χ0n) is 15.5. The maximum atomic E-state index is 13.6. The second kappa shape index (κ2) is 7.95. The molecule has 1 heterocycles. The summed E-state index contributed by atoms with van der Waals surface area (Å²) in [5, 5.41) is 2.61. The standard InChI is InChI=1S/C19H28FN3O2/c1-19(2,3)18(25)22(4)14-8-7-11-23(12-14)13-17(24)21-16-10-6-5-9-15(16)20/h5-6,9-10,14H,7-8,11-13H2,1-4H3,(H,21,24). The number of amides is 2. The summed E-state index contributed by atoms with van der Waals surface area (Å²) in [5.41, 5.74) is -0.222. The van der Waals surface area contributed by atoms with Crippen LogP contribution in [-0.4, -0.2) is 54.3 Å². The second-order valence-corrected chi connectivity index (χ2v) is 7.73. The molecule has 1 aliphatic rings. The van der Waals surface area contributed by atoms with Crippen LogP contribution in [0.1, 0.15) is 33.6 Å². The van der Waals surface area contributed by atoms with E-state index in [0.29, 0.717) is 6.54 Å². The highest BCUT2D eigenvalue weighted by Crippen LogP contribution is 2.22. The summed E-state index contributed by atoms with van der Waals surface area (Å²) >= 11 is 0. The maximum absolute atomic E-state index is 13.6. The topological polar surface area (TPSA) is 52.7 Å².